The number of amides is 1. The third-order valence-electron chi connectivity index (χ3n) is 4.22. The number of benzene rings is 1. The molecule has 0 unspecified atom stereocenters. The van der Waals surface area contributed by atoms with Crippen molar-refractivity contribution in [3.8, 4) is 0 Å². The van der Waals surface area contributed by atoms with Crippen LogP contribution >= 0.6 is 0 Å². The fourth-order valence-electron chi connectivity index (χ4n) is 2.91. The van der Waals surface area contributed by atoms with E-state index in [0.29, 0.717) is 5.69 Å². The molecule has 2 aromatic rings. The monoisotopic (exact) mass is 326 g/mol. The first-order valence-electron chi connectivity index (χ1n) is 7.94. The molecule has 0 bridgehead atoms. The van der Waals surface area contributed by atoms with Gasteiger partial charge in [0.15, 0.2) is 0 Å². The second-order valence-corrected chi connectivity index (χ2v) is 5.91. The number of carbonyl (C=O) groups is 2. The largest absolute Gasteiger partial charge is 0.478 e. The highest BCUT2D eigenvalue weighted by atomic mass is 16.4. The number of carboxylic acid groups (broad SMARTS) is 1. The molecule has 24 heavy (non-hydrogen) atoms. The molecule has 0 radical (unpaired) electrons. The second kappa shape index (κ2) is 6.70. The molecule has 0 atom stereocenters. The zero-order valence-electron chi connectivity index (χ0n) is 13.1. The van der Waals surface area contributed by atoms with Gasteiger partial charge in [0.05, 0.1) is 5.56 Å². The summed E-state index contributed by atoms with van der Waals surface area (Å²) >= 11 is 0. The maximum atomic E-state index is 12.4. The van der Waals surface area contributed by atoms with Gasteiger partial charge in [-0.25, -0.2) is 4.79 Å². The first kappa shape index (κ1) is 16.0. The molecule has 6 heteroatoms. The van der Waals surface area contributed by atoms with Crippen LogP contribution in [0.15, 0.2) is 35.1 Å². The van der Waals surface area contributed by atoms with Gasteiger partial charge < -0.3 is 15.4 Å². The fraction of sp³-hybridized carbons (Fsp3) is 0.278. The fourth-order valence-corrected chi connectivity index (χ4v) is 2.91. The molecule has 124 valence electrons. The number of hydrogen-bond acceptors (Lipinski definition) is 3. The Kier molecular flexibility index (Phi) is 4.46. The number of carboxylic acids is 1. The van der Waals surface area contributed by atoms with Gasteiger partial charge in [0, 0.05) is 11.4 Å². The lowest BCUT2D eigenvalue weighted by Gasteiger charge is -2.09. The van der Waals surface area contributed by atoms with E-state index < -0.39 is 17.4 Å². The number of hydrogen-bond donors (Lipinski definition) is 3. The maximum Gasteiger partial charge on any atom is 0.335 e. The van der Waals surface area contributed by atoms with Crippen LogP contribution in [0.25, 0.3) is 0 Å². The first-order chi connectivity index (χ1) is 11.5. The molecule has 1 heterocycles. The van der Waals surface area contributed by atoms with E-state index in [4.69, 9.17) is 5.11 Å². The van der Waals surface area contributed by atoms with Crippen molar-refractivity contribution in [3.05, 3.63) is 63.1 Å². The van der Waals surface area contributed by atoms with E-state index in [1.165, 1.54) is 24.3 Å². The SMILES string of the molecule is O=C(O)c1ccc(NC(=O)c2cc3c([nH]c2=O)CCCCC3)cc1. The number of aryl methyl sites for hydroxylation is 2. The van der Waals surface area contributed by atoms with Crippen LogP contribution in [0.3, 0.4) is 0 Å². The normalized spacial score (nSPS) is 13.7. The number of pyridine rings is 1. The summed E-state index contributed by atoms with van der Waals surface area (Å²) in [6.45, 7) is 0. The number of H-pyrrole nitrogens is 1. The number of aromatic nitrogens is 1. The van der Waals surface area contributed by atoms with Gasteiger partial charge in [0.2, 0.25) is 0 Å². The van der Waals surface area contributed by atoms with E-state index in [2.05, 4.69) is 10.3 Å². The Labute approximate surface area is 138 Å². The molecule has 1 aliphatic carbocycles. The lowest BCUT2D eigenvalue weighted by Crippen LogP contribution is -2.25. The number of nitrogens with one attached hydrogen (secondary N) is 2. The van der Waals surface area contributed by atoms with Gasteiger partial charge >= 0.3 is 5.97 Å². The molecular weight excluding hydrogens is 308 g/mol. The van der Waals surface area contributed by atoms with E-state index in [-0.39, 0.29) is 11.1 Å². The van der Waals surface area contributed by atoms with Crippen molar-refractivity contribution in [3.63, 3.8) is 0 Å². The highest BCUT2D eigenvalue weighted by Crippen LogP contribution is 2.19. The predicted octanol–water partition coefficient (Wildman–Crippen LogP) is 2.59. The molecule has 0 aliphatic heterocycles. The molecule has 1 amide bonds. The summed E-state index contributed by atoms with van der Waals surface area (Å²) in [6.07, 6.45) is 4.91. The molecule has 0 fully saturated rings. The summed E-state index contributed by atoms with van der Waals surface area (Å²) in [5.41, 5.74) is 2.22. The van der Waals surface area contributed by atoms with E-state index in [1.54, 1.807) is 6.07 Å². The minimum absolute atomic E-state index is 0.0814. The topological polar surface area (TPSA) is 99.3 Å². The maximum absolute atomic E-state index is 12.4. The van der Waals surface area contributed by atoms with Crippen LogP contribution in [-0.4, -0.2) is 22.0 Å². The number of aromatic carboxylic acids is 1. The number of carbonyl (C=O) groups excluding carboxylic acids is 1. The molecular formula is C18H18N2O4. The highest BCUT2D eigenvalue weighted by Gasteiger charge is 2.16. The van der Waals surface area contributed by atoms with Crippen molar-refractivity contribution < 1.29 is 14.7 Å². The van der Waals surface area contributed by atoms with Gasteiger partial charge in [-0.3, -0.25) is 9.59 Å². The highest BCUT2D eigenvalue weighted by molar-refractivity contribution is 6.04. The molecule has 0 spiro atoms. The number of rotatable bonds is 3. The minimum atomic E-state index is -1.03. The van der Waals surface area contributed by atoms with Crippen molar-refractivity contribution in [1.82, 2.24) is 4.98 Å². The summed E-state index contributed by atoms with van der Waals surface area (Å²) in [6, 6.07) is 7.48. The summed E-state index contributed by atoms with van der Waals surface area (Å²) < 4.78 is 0. The second-order valence-electron chi connectivity index (χ2n) is 5.91. The summed E-state index contributed by atoms with van der Waals surface area (Å²) in [5.74, 6) is -1.53. The quantitative estimate of drug-likeness (QED) is 0.755. The predicted molar refractivity (Wildman–Crippen MR) is 89.7 cm³/mol. The van der Waals surface area contributed by atoms with Crippen LogP contribution in [-0.2, 0) is 12.8 Å². The van der Waals surface area contributed by atoms with Gasteiger partial charge in [0.25, 0.3) is 11.5 Å². The van der Waals surface area contributed by atoms with Crippen LogP contribution in [0.5, 0.6) is 0 Å². The number of aromatic amines is 1. The minimum Gasteiger partial charge on any atom is -0.478 e. The van der Waals surface area contributed by atoms with Crippen molar-refractivity contribution in [1.29, 1.82) is 0 Å². The van der Waals surface area contributed by atoms with Crippen molar-refractivity contribution in [2.75, 3.05) is 5.32 Å². The Morgan fingerprint density at radius 2 is 1.75 bits per heavy atom. The molecule has 3 rings (SSSR count). The van der Waals surface area contributed by atoms with E-state index >= 15 is 0 Å². The molecule has 1 aromatic carbocycles. The smallest absolute Gasteiger partial charge is 0.335 e. The van der Waals surface area contributed by atoms with Crippen molar-refractivity contribution >= 4 is 17.6 Å². The molecule has 3 N–H and O–H groups in total. The van der Waals surface area contributed by atoms with Crippen LogP contribution in [0.4, 0.5) is 5.69 Å². The van der Waals surface area contributed by atoms with Gasteiger partial charge in [-0.05, 0) is 61.6 Å². The lowest BCUT2D eigenvalue weighted by molar-refractivity contribution is 0.0696. The number of fused-ring (bicyclic) bond motifs is 1. The summed E-state index contributed by atoms with van der Waals surface area (Å²) in [5, 5.41) is 11.5. The third-order valence-corrected chi connectivity index (χ3v) is 4.22. The Balaban J connectivity index is 1.83. The average molecular weight is 326 g/mol. The van der Waals surface area contributed by atoms with E-state index in [0.717, 1.165) is 43.4 Å². The summed E-state index contributed by atoms with van der Waals surface area (Å²) in [7, 11) is 0. The van der Waals surface area contributed by atoms with Gasteiger partial charge in [-0.1, -0.05) is 6.42 Å². The Morgan fingerprint density at radius 1 is 1.04 bits per heavy atom. The van der Waals surface area contributed by atoms with Crippen LogP contribution in [0.2, 0.25) is 0 Å². The van der Waals surface area contributed by atoms with E-state index in [1.807, 2.05) is 0 Å². The molecule has 1 aromatic heterocycles. The standard InChI is InChI=1S/C18H18N2O4/c21-16(19-13-8-6-11(7-9-13)18(23)24)14-10-12-4-2-1-3-5-15(12)20-17(14)22/h6-10H,1-5H2,(H,19,21)(H,20,22)(H,23,24). The van der Waals surface area contributed by atoms with Crippen LogP contribution in [0.1, 0.15) is 51.2 Å². The third kappa shape index (κ3) is 3.37. The molecule has 0 saturated carbocycles. The van der Waals surface area contributed by atoms with Gasteiger partial charge in [0.1, 0.15) is 5.56 Å². The Morgan fingerprint density at radius 3 is 2.46 bits per heavy atom. The first-order valence-corrected chi connectivity index (χ1v) is 7.94. The zero-order valence-corrected chi connectivity index (χ0v) is 13.1. The Bertz CT molecular complexity index is 837. The molecule has 6 nitrogen and oxygen atoms in total. The van der Waals surface area contributed by atoms with Gasteiger partial charge in [-0.2, -0.15) is 0 Å². The van der Waals surface area contributed by atoms with Crippen LogP contribution in [0, 0.1) is 0 Å². The van der Waals surface area contributed by atoms with Crippen LogP contribution < -0.4 is 10.9 Å². The molecule has 1 aliphatic rings. The zero-order chi connectivity index (χ0) is 17.1. The van der Waals surface area contributed by atoms with Crippen molar-refractivity contribution in [2.45, 2.75) is 32.1 Å². The number of anilines is 1. The average Bonchev–Trinajstić information content (AvgIpc) is 2.79. The Hall–Kier alpha value is -2.89. The van der Waals surface area contributed by atoms with Crippen molar-refractivity contribution in [2.24, 2.45) is 0 Å². The van der Waals surface area contributed by atoms with Gasteiger partial charge in [-0.15, -0.1) is 0 Å². The van der Waals surface area contributed by atoms with E-state index in [9.17, 15) is 14.4 Å². The molecule has 0 saturated heterocycles. The summed E-state index contributed by atoms with van der Waals surface area (Å²) in [4.78, 5) is 38.2. The lowest BCUT2D eigenvalue weighted by atomic mass is 10.1.